The van der Waals surface area contributed by atoms with Crippen LogP contribution in [0.1, 0.15) is 12.8 Å². The third-order valence-corrected chi connectivity index (χ3v) is 4.30. The molecule has 2 aliphatic heterocycles. The molecule has 2 fully saturated rings. The molecular weight excluding hydrogens is 282 g/mol. The van der Waals surface area contributed by atoms with Crippen molar-refractivity contribution < 1.29 is 14.7 Å². The molecule has 1 amide bonds. The number of benzene rings is 1. The number of carboxylic acid groups (broad SMARTS) is 1. The van der Waals surface area contributed by atoms with Gasteiger partial charge in [0.15, 0.2) is 0 Å². The van der Waals surface area contributed by atoms with Gasteiger partial charge in [-0.2, -0.15) is 0 Å². The number of rotatable bonds is 4. The van der Waals surface area contributed by atoms with Gasteiger partial charge in [-0.05, 0) is 25.1 Å². The topological polar surface area (TPSA) is 72.9 Å². The van der Waals surface area contributed by atoms with Gasteiger partial charge in [0, 0.05) is 44.3 Å². The van der Waals surface area contributed by atoms with Gasteiger partial charge >= 0.3 is 0 Å². The van der Waals surface area contributed by atoms with Crippen molar-refractivity contribution >= 4 is 18.1 Å². The number of amides is 1. The van der Waals surface area contributed by atoms with Gasteiger partial charge in [-0.25, -0.2) is 0 Å². The number of nitrogens with one attached hydrogen (secondary N) is 1. The highest BCUT2D eigenvalue weighted by Crippen LogP contribution is 2.25. The first kappa shape index (κ1) is 16.3. The zero-order valence-electron chi connectivity index (χ0n) is 12.8. The lowest BCUT2D eigenvalue weighted by Gasteiger charge is -2.27. The van der Waals surface area contributed by atoms with Gasteiger partial charge < -0.3 is 20.2 Å². The maximum Gasteiger partial charge on any atom is 0.290 e. The first-order chi connectivity index (χ1) is 10.7. The largest absolute Gasteiger partial charge is 0.483 e. The minimum Gasteiger partial charge on any atom is -0.483 e. The van der Waals surface area contributed by atoms with Crippen molar-refractivity contribution in [2.45, 2.75) is 24.9 Å². The van der Waals surface area contributed by atoms with Crippen LogP contribution >= 0.6 is 0 Å². The Bertz CT molecular complexity index is 495. The first-order valence-electron chi connectivity index (χ1n) is 7.54. The van der Waals surface area contributed by atoms with Crippen molar-refractivity contribution in [3.05, 3.63) is 30.3 Å². The van der Waals surface area contributed by atoms with Crippen LogP contribution in [0.15, 0.2) is 30.3 Å². The van der Waals surface area contributed by atoms with Crippen LogP contribution in [0.25, 0.3) is 0 Å². The summed E-state index contributed by atoms with van der Waals surface area (Å²) in [4.78, 5) is 24.7. The molecule has 2 N–H and O–H groups in total. The third-order valence-electron chi connectivity index (χ3n) is 4.30. The fourth-order valence-corrected chi connectivity index (χ4v) is 3.19. The van der Waals surface area contributed by atoms with E-state index >= 15 is 0 Å². The van der Waals surface area contributed by atoms with Gasteiger partial charge in [-0.1, -0.05) is 18.2 Å². The van der Waals surface area contributed by atoms with Gasteiger partial charge in [-0.3, -0.25) is 9.59 Å². The molecule has 1 aromatic carbocycles. The second-order valence-corrected chi connectivity index (χ2v) is 5.57. The van der Waals surface area contributed by atoms with Crippen LogP contribution in [-0.4, -0.2) is 61.2 Å². The highest BCUT2D eigenvalue weighted by Gasteiger charge is 2.41. The molecule has 0 bridgehead atoms. The van der Waals surface area contributed by atoms with Gasteiger partial charge in [0.2, 0.25) is 5.91 Å². The highest BCUT2D eigenvalue weighted by molar-refractivity contribution is 5.80. The number of nitrogens with zero attached hydrogens (tertiary/aromatic N) is 2. The maximum absolute atomic E-state index is 12.0. The summed E-state index contributed by atoms with van der Waals surface area (Å²) in [7, 11) is 2.08. The molecule has 0 saturated carbocycles. The Morgan fingerprint density at radius 3 is 2.77 bits per heavy atom. The summed E-state index contributed by atoms with van der Waals surface area (Å²) in [6.45, 7) is 2.51. The van der Waals surface area contributed by atoms with E-state index in [0.29, 0.717) is 24.4 Å². The number of hydrogen-bond acceptors (Lipinski definition) is 4. The second-order valence-electron chi connectivity index (χ2n) is 5.57. The lowest BCUT2D eigenvalue weighted by Crippen LogP contribution is -2.40. The Balaban J connectivity index is 0.000000545. The van der Waals surface area contributed by atoms with E-state index in [1.807, 2.05) is 18.2 Å². The van der Waals surface area contributed by atoms with Crippen LogP contribution in [0.4, 0.5) is 5.69 Å². The third kappa shape index (κ3) is 3.76. The molecule has 0 radical (unpaired) electrons. The van der Waals surface area contributed by atoms with E-state index in [0.717, 1.165) is 26.1 Å². The van der Waals surface area contributed by atoms with Crippen LogP contribution in [0, 0.1) is 0 Å². The van der Waals surface area contributed by atoms with Crippen LogP contribution in [0.5, 0.6) is 0 Å². The molecule has 2 heterocycles. The molecule has 0 unspecified atom stereocenters. The summed E-state index contributed by atoms with van der Waals surface area (Å²) in [5, 5.41) is 10.3. The molecule has 2 saturated heterocycles. The Morgan fingerprint density at radius 1 is 1.41 bits per heavy atom. The molecule has 120 valence electrons. The Labute approximate surface area is 130 Å². The van der Waals surface area contributed by atoms with Crippen LogP contribution < -0.4 is 10.2 Å². The van der Waals surface area contributed by atoms with Gasteiger partial charge in [-0.15, -0.1) is 0 Å². The predicted octanol–water partition coefficient (Wildman–Crippen LogP) is 0.786. The smallest absolute Gasteiger partial charge is 0.290 e. The number of carbonyl (C=O) groups is 2. The summed E-state index contributed by atoms with van der Waals surface area (Å²) in [5.41, 5.74) is 1.20. The summed E-state index contributed by atoms with van der Waals surface area (Å²) >= 11 is 0. The molecule has 0 spiro atoms. The number of likely N-dealkylation sites (N-methyl/N-ethyl adjacent to an activating group) is 1. The minimum atomic E-state index is -0.250. The van der Waals surface area contributed by atoms with E-state index in [4.69, 9.17) is 9.90 Å². The van der Waals surface area contributed by atoms with Gasteiger partial charge in [0.05, 0.1) is 0 Å². The van der Waals surface area contributed by atoms with Gasteiger partial charge in [0.25, 0.3) is 6.47 Å². The standard InChI is InChI=1S/C15H21N3O.CH2O2/c1-17(12-5-3-2-4-6-12)9-10-18-14-7-8-16-13(14)11-15(18)19;2-1-3/h2-6,13-14,16H,7-11H2,1H3;1H,(H,2,3)/t13-,14-;/m1./s1. The lowest BCUT2D eigenvalue weighted by atomic mass is 10.1. The molecule has 2 aliphatic rings. The van der Waals surface area contributed by atoms with Crippen molar-refractivity contribution in [3.8, 4) is 0 Å². The fraction of sp³-hybridized carbons (Fsp3) is 0.500. The number of carbonyl (C=O) groups excluding carboxylic acids is 1. The number of likely N-dealkylation sites (tertiary alicyclic amines) is 1. The van der Waals surface area contributed by atoms with Crippen molar-refractivity contribution in [1.29, 1.82) is 0 Å². The number of fused-ring (bicyclic) bond motifs is 1. The molecular formula is C16H23N3O3. The molecule has 22 heavy (non-hydrogen) atoms. The SMILES string of the molecule is CN(CCN1C(=O)C[C@H]2NCC[C@H]21)c1ccccc1.O=CO. The summed E-state index contributed by atoms with van der Waals surface area (Å²) in [5.74, 6) is 0.309. The van der Waals surface area contributed by atoms with Crippen molar-refractivity contribution in [1.82, 2.24) is 10.2 Å². The van der Waals surface area contributed by atoms with Gasteiger partial charge in [0.1, 0.15) is 0 Å². The monoisotopic (exact) mass is 305 g/mol. The molecule has 6 nitrogen and oxygen atoms in total. The Morgan fingerprint density at radius 2 is 2.09 bits per heavy atom. The highest BCUT2D eigenvalue weighted by atomic mass is 16.3. The zero-order chi connectivity index (χ0) is 15.9. The zero-order valence-corrected chi connectivity index (χ0v) is 12.8. The summed E-state index contributed by atoms with van der Waals surface area (Å²) in [6, 6.07) is 11.1. The van der Waals surface area contributed by atoms with E-state index in [9.17, 15) is 4.79 Å². The van der Waals surface area contributed by atoms with Crippen LogP contribution in [-0.2, 0) is 9.59 Å². The number of anilines is 1. The Hall–Kier alpha value is -2.08. The normalized spacial score (nSPS) is 22.8. The van der Waals surface area contributed by atoms with Crippen molar-refractivity contribution in [2.24, 2.45) is 0 Å². The first-order valence-corrected chi connectivity index (χ1v) is 7.54. The van der Waals surface area contributed by atoms with E-state index in [-0.39, 0.29) is 6.47 Å². The van der Waals surface area contributed by atoms with Crippen molar-refractivity contribution in [3.63, 3.8) is 0 Å². The molecule has 1 aromatic rings. The van der Waals surface area contributed by atoms with Crippen molar-refractivity contribution in [2.75, 3.05) is 31.6 Å². The second kappa shape index (κ2) is 7.79. The summed E-state index contributed by atoms with van der Waals surface area (Å²) < 4.78 is 0. The van der Waals surface area contributed by atoms with E-state index in [2.05, 4.69) is 34.3 Å². The molecule has 3 rings (SSSR count). The quantitative estimate of drug-likeness (QED) is 0.805. The van der Waals surface area contributed by atoms with E-state index < -0.39 is 0 Å². The van der Waals surface area contributed by atoms with Crippen LogP contribution in [0.2, 0.25) is 0 Å². The average molecular weight is 305 g/mol. The maximum atomic E-state index is 12.0. The van der Waals surface area contributed by atoms with Crippen LogP contribution in [0.3, 0.4) is 0 Å². The van der Waals surface area contributed by atoms with E-state index in [1.54, 1.807) is 0 Å². The minimum absolute atomic E-state index is 0.250. The molecule has 2 atom stereocenters. The summed E-state index contributed by atoms with van der Waals surface area (Å²) in [6.07, 6.45) is 1.78. The molecule has 0 aromatic heterocycles. The fourth-order valence-electron chi connectivity index (χ4n) is 3.19. The number of para-hydroxylation sites is 1. The number of hydrogen-bond donors (Lipinski definition) is 2. The predicted molar refractivity (Wildman–Crippen MR) is 84.9 cm³/mol. The van der Waals surface area contributed by atoms with E-state index in [1.165, 1.54) is 5.69 Å². The lowest BCUT2D eigenvalue weighted by molar-refractivity contribution is -0.129. The average Bonchev–Trinajstić information content (AvgIpc) is 3.07. The molecule has 0 aliphatic carbocycles. The Kier molecular flexibility index (Phi) is 5.77. The molecule has 6 heteroatoms.